The van der Waals surface area contributed by atoms with Crippen LogP contribution in [-0.4, -0.2) is 16.1 Å². The van der Waals surface area contributed by atoms with Crippen molar-refractivity contribution in [3.8, 4) is 0 Å². The molecule has 1 heterocycles. The van der Waals surface area contributed by atoms with Crippen LogP contribution >= 0.6 is 0 Å². The molecule has 3 heteroatoms. The van der Waals surface area contributed by atoms with E-state index < -0.39 is 0 Å². The van der Waals surface area contributed by atoms with Gasteiger partial charge in [0.1, 0.15) is 0 Å². The van der Waals surface area contributed by atoms with Crippen LogP contribution in [0.15, 0.2) is 121 Å². The van der Waals surface area contributed by atoms with E-state index in [2.05, 4.69) is 36.7 Å². The number of carbonyl (C=O) groups excluding carboxylic acids is 2. The first-order valence-corrected chi connectivity index (χ1v) is 13.7. The summed E-state index contributed by atoms with van der Waals surface area (Å²) >= 11 is 0. The summed E-state index contributed by atoms with van der Waals surface area (Å²) < 4.78 is 2.18. The highest BCUT2D eigenvalue weighted by molar-refractivity contribution is 6.14. The van der Waals surface area contributed by atoms with E-state index in [4.69, 9.17) is 0 Å². The molecular formula is C37H35NO2. The third-order valence-electron chi connectivity index (χ3n) is 6.81. The molecule has 5 aromatic carbocycles. The molecule has 0 radical (unpaired) electrons. The van der Waals surface area contributed by atoms with Crippen LogP contribution in [0.1, 0.15) is 56.8 Å². The maximum absolute atomic E-state index is 12.7. The van der Waals surface area contributed by atoms with Crippen LogP contribution < -0.4 is 0 Å². The van der Waals surface area contributed by atoms with Crippen molar-refractivity contribution in [2.45, 2.75) is 27.7 Å². The number of ketones is 2. The maximum Gasteiger partial charge on any atom is 0.193 e. The number of carbonyl (C=O) groups is 2. The molecule has 0 fully saturated rings. The molecule has 0 aliphatic rings. The van der Waals surface area contributed by atoms with E-state index in [9.17, 15) is 9.59 Å². The average Bonchev–Trinajstić information content (AvgIpc) is 3.29. The number of fused-ring (bicyclic) bond motifs is 3. The molecule has 0 spiro atoms. The fourth-order valence-corrected chi connectivity index (χ4v) is 4.69. The molecule has 0 amide bonds. The Balaban J connectivity index is 0.000000189. The summed E-state index contributed by atoms with van der Waals surface area (Å²) in [7, 11) is 2.07. The van der Waals surface area contributed by atoms with Crippen LogP contribution in [0.2, 0.25) is 0 Å². The van der Waals surface area contributed by atoms with Crippen molar-refractivity contribution < 1.29 is 9.59 Å². The topological polar surface area (TPSA) is 39.1 Å². The molecule has 0 N–H and O–H groups in total. The van der Waals surface area contributed by atoms with Gasteiger partial charge in [0.15, 0.2) is 11.6 Å². The normalized spacial score (nSPS) is 10.3. The minimum Gasteiger partial charge on any atom is -0.344 e. The molecule has 0 saturated carbocycles. The average molecular weight is 526 g/mol. The van der Waals surface area contributed by atoms with Crippen LogP contribution in [0, 0.1) is 13.8 Å². The molecule has 200 valence electrons. The minimum absolute atomic E-state index is 0.0668. The number of rotatable bonds is 4. The fourth-order valence-electron chi connectivity index (χ4n) is 4.69. The first-order chi connectivity index (χ1) is 19.4. The summed E-state index contributed by atoms with van der Waals surface area (Å²) in [5.74, 6) is 0.146. The molecule has 3 nitrogen and oxygen atoms in total. The number of aryl methyl sites for hydroxylation is 3. The number of hydrogen-bond donors (Lipinski definition) is 0. The van der Waals surface area contributed by atoms with Crippen molar-refractivity contribution in [1.82, 2.24) is 4.57 Å². The van der Waals surface area contributed by atoms with Crippen LogP contribution in [0.25, 0.3) is 21.8 Å². The van der Waals surface area contributed by atoms with Gasteiger partial charge in [0.25, 0.3) is 0 Å². The quantitative estimate of drug-likeness (QED) is 0.215. The zero-order chi connectivity index (χ0) is 28.6. The van der Waals surface area contributed by atoms with Gasteiger partial charge in [-0.3, -0.25) is 9.59 Å². The Morgan fingerprint density at radius 1 is 0.475 bits per heavy atom. The lowest BCUT2D eigenvalue weighted by molar-refractivity contribution is 0.103. The lowest BCUT2D eigenvalue weighted by Crippen LogP contribution is -2.00. The summed E-state index contributed by atoms with van der Waals surface area (Å²) in [6.45, 7) is 8.11. The Morgan fingerprint density at radius 2 is 0.875 bits per heavy atom. The van der Waals surface area contributed by atoms with E-state index in [-0.39, 0.29) is 11.6 Å². The second kappa shape index (κ2) is 12.9. The Hall–Kier alpha value is -4.76. The first-order valence-electron chi connectivity index (χ1n) is 13.7. The predicted octanol–water partition coefficient (Wildman–Crippen LogP) is 9.12. The van der Waals surface area contributed by atoms with Crippen LogP contribution in [0.5, 0.6) is 0 Å². The van der Waals surface area contributed by atoms with E-state index in [1.54, 1.807) is 0 Å². The molecule has 0 saturated heterocycles. The van der Waals surface area contributed by atoms with Crippen molar-refractivity contribution in [2.24, 2.45) is 7.05 Å². The predicted molar refractivity (Wildman–Crippen MR) is 167 cm³/mol. The SMILES string of the molecule is CC.Cc1ccc(C(=O)c2ccccc2)cc1.Cc1ccc2c(c1)c1cc(C(=O)c3ccccc3)ccc1n2C. The summed E-state index contributed by atoms with van der Waals surface area (Å²) in [6, 6.07) is 38.8. The molecule has 0 unspecified atom stereocenters. The van der Waals surface area contributed by atoms with E-state index in [1.807, 2.05) is 124 Å². The van der Waals surface area contributed by atoms with Crippen LogP contribution in [0.4, 0.5) is 0 Å². The molecular weight excluding hydrogens is 490 g/mol. The van der Waals surface area contributed by atoms with Crippen molar-refractivity contribution in [3.05, 3.63) is 155 Å². The van der Waals surface area contributed by atoms with Crippen molar-refractivity contribution in [2.75, 3.05) is 0 Å². The summed E-state index contributed by atoms with van der Waals surface area (Å²) in [5, 5.41) is 2.33. The van der Waals surface area contributed by atoms with Gasteiger partial charge in [-0.2, -0.15) is 0 Å². The zero-order valence-corrected chi connectivity index (χ0v) is 23.8. The molecule has 40 heavy (non-hydrogen) atoms. The molecule has 6 aromatic rings. The van der Waals surface area contributed by atoms with Gasteiger partial charge in [0.05, 0.1) is 0 Å². The van der Waals surface area contributed by atoms with Gasteiger partial charge in [-0.05, 0) is 44.2 Å². The second-order valence-electron chi connectivity index (χ2n) is 9.57. The van der Waals surface area contributed by atoms with E-state index in [0.29, 0.717) is 0 Å². The maximum atomic E-state index is 12.7. The number of benzene rings is 5. The standard InChI is InChI=1S/C21H17NO.C14H12O.C2H6/c1-14-8-10-19-17(12-14)18-13-16(9-11-20(18)22(19)2)21(23)15-6-4-3-5-7-15;1-11-7-9-13(10-8-11)14(15)12-5-3-2-4-6-12;1-2/h3-13H,1-2H3;2-10H,1H3;1-2H3. The third-order valence-corrected chi connectivity index (χ3v) is 6.81. The van der Waals surface area contributed by atoms with Gasteiger partial charge in [-0.1, -0.05) is 116 Å². The van der Waals surface area contributed by atoms with Crippen molar-refractivity contribution in [1.29, 1.82) is 0 Å². The zero-order valence-electron chi connectivity index (χ0n) is 23.8. The van der Waals surface area contributed by atoms with E-state index >= 15 is 0 Å². The van der Waals surface area contributed by atoms with Gasteiger partial charge in [-0.25, -0.2) is 0 Å². The number of nitrogens with zero attached hydrogens (tertiary/aromatic N) is 1. The smallest absolute Gasteiger partial charge is 0.193 e. The summed E-state index contributed by atoms with van der Waals surface area (Å²) in [5.41, 5.74) is 7.67. The Labute approximate surface area is 236 Å². The van der Waals surface area contributed by atoms with Gasteiger partial charge in [-0.15, -0.1) is 0 Å². The lowest BCUT2D eigenvalue weighted by Gasteiger charge is -2.02. The van der Waals surface area contributed by atoms with E-state index in [0.717, 1.165) is 33.2 Å². The lowest BCUT2D eigenvalue weighted by atomic mass is 10.0. The van der Waals surface area contributed by atoms with Gasteiger partial charge < -0.3 is 4.57 Å². The largest absolute Gasteiger partial charge is 0.344 e. The minimum atomic E-state index is 0.0668. The molecule has 0 aliphatic carbocycles. The Kier molecular flexibility index (Phi) is 9.08. The Morgan fingerprint density at radius 3 is 1.43 bits per heavy atom. The number of hydrogen-bond acceptors (Lipinski definition) is 2. The fraction of sp³-hybridized carbons (Fsp3) is 0.135. The monoisotopic (exact) mass is 525 g/mol. The Bertz CT molecular complexity index is 1750. The van der Waals surface area contributed by atoms with E-state index in [1.165, 1.54) is 22.0 Å². The third kappa shape index (κ3) is 6.10. The first kappa shape index (κ1) is 28.3. The highest BCUT2D eigenvalue weighted by atomic mass is 16.1. The summed E-state index contributed by atoms with van der Waals surface area (Å²) in [4.78, 5) is 24.7. The highest BCUT2D eigenvalue weighted by Crippen LogP contribution is 2.30. The molecule has 0 aliphatic heterocycles. The molecule has 1 aromatic heterocycles. The molecule has 0 bridgehead atoms. The van der Waals surface area contributed by atoms with Gasteiger partial charge in [0, 0.05) is 51.1 Å². The summed E-state index contributed by atoms with van der Waals surface area (Å²) in [6.07, 6.45) is 0. The van der Waals surface area contributed by atoms with Gasteiger partial charge in [0.2, 0.25) is 0 Å². The number of aromatic nitrogens is 1. The van der Waals surface area contributed by atoms with Gasteiger partial charge >= 0.3 is 0 Å². The molecule has 0 atom stereocenters. The van der Waals surface area contributed by atoms with Crippen LogP contribution in [-0.2, 0) is 7.05 Å². The molecule has 6 rings (SSSR count). The van der Waals surface area contributed by atoms with Crippen LogP contribution in [0.3, 0.4) is 0 Å². The second-order valence-corrected chi connectivity index (χ2v) is 9.57. The van der Waals surface area contributed by atoms with Crippen molar-refractivity contribution >= 4 is 33.4 Å². The van der Waals surface area contributed by atoms with Crippen molar-refractivity contribution in [3.63, 3.8) is 0 Å². The highest BCUT2D eigenvalue weighted by Gasteiger charge is 2.13.